The number of nitrogens with one attached hydrogen (secondary N) is 1. The quantitative estimate of drug-likeness (QED) is 0.698. The van der Waals surface area contributed by atoms with Crippen LogP contribution in [0.4, 0.5) is 5.82 Å². The molecular formula is C16H25N5OS. The number of nitrogen functional groups attached to an aromatic ring is 1. The van der Waals surface area contributed by atoms with Crippen LogP contribution in [0.5, 0.6) is 0 Å². The van der Waals surface area contributed by atoms with Crippen LogP contribution in [0.3, 0.4) is 0 Å². The zero-order valence-electron chi connectivity index (χ0n) is 13.7. The maximum Gasteiger partial charge on any atom is 0.151 e. The number of nitrogens with two attached hydrogens (primary N) is 1. The number of nitrogens with zero attached hydrogens (tertiary/aromatic N) is 3. The number of hydrogen-bond donors (Lipinski definition) is 3. The molecule has 2 atom stereocenters. The molecule has 1 saturated heterocycles. The van der Waals surface area contributed by atoms with Crippen LogP contribution < -0.4 is 5.73 Å². The first-order valence-electron chi connectivity index (χ1n) is 8.08. The van der Waals surface area contributed by atoms with E-state index in [0.29, 0.717) is 12.4 Å². The van der Waals surface area contributed by atoms with E-state index >= 15 is 0 Å². The van der Waals surface area contributed by atoms with Crippen molar-refractivity contribution in [3.05, 3.63) is 18.1 Å². The number of aliphatic hydroxyl groups excluding tert-OH is 1. The van der Waals surface area contributed by atoms with E-state index in [1.807, 2.05) is 18.0 Å². The first-order chi connectivity index (χ1) is 11.0. The number of thioether (sulfide) groups is 1. The van der Waals surface area contributed by atoms with Crippen molar-refractivity contribution in [2.24, 2.45) is 5.41 Å². The lowest BCUT2D eigenvalue weighted by molar-refractivity contribution is 0.0985. The molecule has 4 N–H and O–H groups in total. The molecule has 0 radical (unpaired) electrons. The van der Waals surface area contributed by atoms with Crippen LogP contribution in [0.25, 0.3) is 11.0 Å². The third kappa shape index (κ3) is 3.32. The highest BCUT2D eigenvalue weighted by atomic mass is 32.2. The minimum atomic E-state index is -0.281. The van der Waals surface area contributed by atoms with Crippen LogP contribution >= 0.6 is 11.8 Å². The van der Waals surface area contributed by atoms with Crippen molar-refractivity contribution < 1.29 is 5.11 Å². The molecule has 0 unspecified atom stereocenters. The summed E-state index contributed by atoms with van der Waals surface area (Å²) in [5.74, 6) is 2.63. The van der Waals surface area contributed by atoms with E-state index in [9.17, 15) is 5.11 Å². The summed E-state index contributed by atoms with van der Waals surface area (Å²) in [6.07, 6.45) is 4.34. The lowest BCUT2D eigenvalue weighted by Gasteiger charge is -2.27. The third-order valence-electron chi connectivity index (χ3n) is 4.57. The SMILES string of the molecule is CCCSC[C@@]1(C)CN(Cc2c[nH]c3c(N)ncnc23)C[C@H]1O. The van der Waals surface area contributed by atoms with Gasteiger partial charge in [-0.2, -0.15) is 11.8 Å². The number of rotatable bonds is 6. The van der Waals surface area contributed by atoms with Gasteiger partial charge in [0.15, 0.2) is 5.82 Å². The van der Waals surface area contributed by atoms with E-state index in [1.165, 1.54) is 12.7 Å². The van der Waals surface area contributed by atoms with Gasteiger partial charge in [-0.25, -0.2) is 9.97 Å². The summed E-state index contributed by atoms with van der Waals surface area (Å²) in [6.45, 7) is 6.75. The molecule has 1 aliphatic heterocycles. The van der Waals surface area contributed by atoms with Gasteiger partial charge in [-0.1, -0.05) is 13.8 Å². The van der Waals surface area contributed by atoms with Crippen molar-refractivity contribution in [2.45, 2.75) is 32.9 Å². The Hall–Kier alpha value is -1.31. The fourth-order valence-electron chi connectivity index (χ4n) is 3.23. The molecule has 3 heterocycles. The standard InChI is InChI=1S/C16H25N5OS/c1-3-4-23-9-16(2)8-21(7-12(16)22)6-11-5-18-14-13(11)19-10-20-15(14)17/h5,10,12,18,22H,3-4,6-9H2,1-2H3,(H2,17,19,20)/t12-,16-/m1/s1. The van der Waals surface area contributed by atoms with Gasteiger partial charge >= 0.3 is 0 Å². The van der Waals surface area contributed by atoms with Gasteiger partial charge < -0.3 is 15.8 Å². The molecule has 126 valence electrons. The Bertz CT molecular complexity index is 676. The second kappa shape index (κ2) is 6.67. The van der Waals surface area contributed by atoms with E-state index in [4.69, 9.17) is 5.73 Å². The third-order valence-corrected chi connectivity index (χ3v) is 6.13. The Labute approximate surface area is 140 Å². The van der Waals surface area contributed by atoms with Crippen LogP contribution in [0.1, 0.15) is 25.8 Å². The molecule has 6 nitrogen and oxygen atoms in total. The van der Waals surface area contributed by atoms with Crippen molar-refractivity contribution in [2.75, 3.05) is 30.3 Å². The minimum absolute atomic E-state index is 0.0417. The minimum Gasteiger partial charge on any atom is -0.391 e. The van der Waals surface area contributed by atoms with Crippen molar-refractivity contribution in [3.8, 4) is 0 Å². The molecule has 1 aliphatic rings. The number of hydrogen-bond acceptors (Lipinski definition) is 6. The smallest absolute Gasteiger partial charge is 0.151 e. The lowest BCUT2D eigenvalue weighted by atomic mass is 9.90. The van der Waals surface area contributed by atoms with Gasteiger partial charge in [-0.3, -0.25) is 4.90 Å². The van der Waals surface area contributed by atoms with E-state index in [0.717, 1.165) is 41.2 Å². The molecule has 2 aromatic rings. The van der Waals surface area contributed by atoms with E-state index in [1.54, 1.807) is 0 Å². The highest BCUT2D eigenvalue weighted by molar-refractivity contribution is 7.99. The monoisotopic (exact) mass is 335 g/mol. The summed E-state index contributed by atoms with van der Waals surface area (Å²) in [5.41, 5.74) is 8.60. The molecule has 0 aliphatic carbocycles. The first-order valence-corrected chi connectivity index (χ1v) is 9.23. The summed E-state index contributed by atoms with van der Waals surface area (Å²) in [4.78, 5) is 13.8. The van der Waals surface area contributed by atoms with Crippen LogP contribution in [0.2, 0.25) is 0 Å². The number of aromatic nitrogens is 3. The highest BCUT2D eigenvalue weighted by Gasteiger charge is 2.41. The van der Waals surface area contributed by atoms with Crippen LogP contribution in [-0.4, -0.2) is 55.7 Å². The first kappa shape index (κ1) is 16.5. The van der Waals surface area contributed by atoms with E-state index in [2.05, 4.69) is 33.7 Å². The number of β-amino-alcohol motifs (C(OH)–C–C–N with tert-alkyl or cyclic N) is 1. The molecule has 0 bridgehead atoms. The van der Waals surface area contributed by atoms with Gasteiger partial charge in [-0.05, 0) is 12.2 Å². The fraction of sp³-hybridized carbons (Fsp3) is 0.625. The summed E-state index contributed by atoms with van der Waals surface area (Å²) < 4.78 is 0. The second-order valence-electron chi connectivity index (χ2n) is 6.69. The van der Waals surface area contributed by atoms with Crippen molar-refractivity contribution >= 4 is 28.6 Å². The molecule has 3 rings (SSSR count). The molecular weight excluding hydrogens is 310 g/mol. The van der Waals surface area contributed by atoms with Gasteiger partial charge in [0.2, 0.25) is 0 Å². The van der Waals surface area contributed by atoms with Crippen LogP contribution in [0, 0.1) is 5.41 Å². The van der Waals surface area contributed by atoms with Crippen molar-refractivity contribution in [1.29, 1.82) is 0 Å². The van der Waals surface area contributed by atoms with Gasteiger partial charge in [0.05, 0.1) is 11.6 Å². The zero-order valence-corrected chi connectivity index (χ0v) is 14.6. The molecule has 1 fully saturated rings. The number of H-pyrrole nitrogens is 1. The maximum atomic E-state index is 10.5. The van der Waals surface area contributed by atoms with E-state index in [-0.39, 0.29) is 11.5 Å². The summed E-state index contributed by atoms with van der Waals surface area (Å²) in [6, 6.07) is 0. The average Bonchev–Trinajstić information content (AvgIpc) is 3.03. The molecule has 0 spiro atoms. The predicted molar refractivity (Wildman–Crippen MR) is 95.3 cm³/mol. The Kier molecular flexibility index (Phi) is 4.79. The predicted octanol–water partition coefficient (Wildman–Crippen LogP) is 1.87. The van der Waals surface area contributed by atoms with Crippen LogP contribution in [0.15, 0.2) is 12.5 Å². The Balaban J connectivity index is 1.70. The summed E-state index contributed by atoms with van der Waals surface area (Å²) >= 11 is 1.94. The topological polar surface area (TPSA) is 91.1 Å². The Morgan fingerprint density at radius 3 is 3.13 bits per heavy atom. The van der Waals surface area contributed by atoms with Crippen molar-refractivity contribution in [1.82, 2.24) is 19.9 Å². The second-order valence-corrected chi connectivity index (χ2v) is 7.79. The molecule has 7 heteroatoms. The normalized spacial score (nSPS) is 25.4. The van der Waals surface area contributed by atoms with Gasteiger partial charge in [0, 0.05) is 42.6 Å². The summed E-state index contributed by atoms with van der Waals surface area (Å²) in [5, 5.41) is 10.5. The lowest BCUT2D eigenvalue weighted by Crippen LogP contribution is -2.33. The van der Waals surface area contributed by atoms with Gasteiger partial charge in [0.25, 0.3) is 0 Å². The van der Waals surface area contributed by atoms with Crippen molar-refractivity contribution in [3.63, 3.8) is 0 Å². The Morgan fingerprint density at radius 2 is 2.35 bits per heavy atom. The zero-order chi connectivity index (χ0) is 16.4. The molecule has 2 aromatic heterocycles. The maximum absolute atomic E-state index is 10.5. The van der Waals surface area contributed by atoms with Gasteiger partial charge in [-0.15, -0.1) is 0 Å². The summed E-state index contributed by atoms with van der Waals surface area (Å²) in [7, 11) is 0. The fourth-order valence-corrected chi connectivity index (χ4v) is 4.41. The number of anilines is 1. The number of aliphatic hydroxyl groups is 1. The molecule has 0 amide bonds. The average molecular weight is 335 g/mol. The molecule has 0 saturated carbocycles. The molecule has 0 aromatic carbocycles. The molecule has 23 heavy (non-hydrogen) atoms. The van der Waals surface area contributed by atoms with Gasteiger partial charge in [0.1, 0.15) is 11.8 Å². The number of likely N-dealkylation sites (tertiary alicyclic amines) is 1. The number of aromatic amines is 1. The van der Waals surface area contributed by atoms with Crippen LogP contribution in [-0.2, 0) is 6.54 Å². The highest BCUT2D eigenvalue weighted by Crippen LogP contribution is 2.35. The largest absolute Gasteiger partial charge is 0.391 e. The Morgan fingerprint density at radius 1 is 1.52 bits per heavy atom. The number of fused-ring (bicyclic) bond motifs is 1. The van der Waals surface area contributed by atoms with E-state index < -0.39 is 0 Å².